The van der Waals surface area contributed by atoms with E-state index in [0.29, 0.717) is 11.3 Å². The quantitative estimate of drug-likeness (QED) is 0.746. The summed E-state index contributed by atoms with van der Waals surface area (Å²) in [5.41, 5.74) is 0.457. The SMILES string of the molecule is CC(C)c1c(N(C)C)cccc1C(F)(F)F. The molecular weight excluding hydrogens is 215 g/mol. The molecule has 0 saturated heterocycles. The van der Waals surface area contributed by atoms with Gasteiger partial charge in [0.05, 0.1) is 5.56 Å². The van der Waals surface area contributed by atoms with Crippen LogP contribution >= 0.6 is 0 Å². The van der Waals surface area contributed by atoms with Crippen LogP contribution in [0.5, 0.6) is 0 Å². The summed E-state index contributed by atoms with van der Waals surface area (Å²) in [5.74, 6) is -0.157. The molecule has 1 rings (SSSR count). The molecule has 1 aromatic carbocycles. The Morgan fingerprint density at radius 1 is 1.12 bits per heavy atom. The molecular formula is C12H16F3N. The maximum atomic E-state index is 12.8. The van der Waals surface area contributed by atoms with Gasteiger partial charge < -0.3 is 4.90 Å². The molecule has 0 unspecified atom stereocenters. The van der Waals surface area contributed by atoms with Crippen LogP contribution in [0, 0.1) is 0 Å². The van der Waals surface area contributed by atoms with Gasteiger partial charge in [0.2, 0.25) is 0 Å². The van der Waals surface area contributed by atoms with Crippen LogP contribution in [-0.4, -0.2) is 14.1 Å². The fraction of sp³-hybridized carbons (Fsp3) is 0.500. The van der Waals surface area contributed by atoms with Gasteiger partial charge in [-0.15, -0.1) is 0 Å². The van der Waals surface area contributed by atoms with E-state index in [1.807, 2.05) is 0 Å². The van der Waals surface area contributed by atoms with E-state index in [4.69, 9.17) is 0 Å². The van der Waals surface area contributed by atoms with E-state index in [1.165, 1.54) is 6.07 Å². The van der Waals surface area contributed by atoms with Crippen molar-refractivity contribution in [2.24, 2.45) is 0 Å². The first-order valence-corrected chi connectivity index (χ1v) is 5.12. The van der Waals surface area contributed by atoms with E-state index in [1.54, 1.807) is 38.9 Å². The molecule has 0 spiro atoms. The second kappa shape index (κ2) is 4.36. The van der Waals surface area contributed by atoms with Crippen LogP contribution in [0.15, 0.2) is 18.2 Å². The summed E-state index contributed by atoms with van der Waals surface area (Å²) in [6.07, 6.45) is -4.29. The number of halogens is 3. The fourth-order valence-electron chi connectivity index (χ4n) is 1.80. The predicted molar refractivity (Wildman–Crippen MR) is 59.9 cm³/mol. The van der Waals surface area contributed by atoms with E-state index in [2.05, 4.69) is 0 Å². The van der Waals surface area contributed by atoms with Crippen LogP contribution in [0.3, 0.4) is 0 Å². The van der Waals surface area contributed by atoms with Crippen molar-refractivity contribution in [3.05, 3.63) is 29.3 Å². The van der Waals surface area contributed by atoms with E-state index in [0.717, 1.165) is 6.07 Å². The Kier molecular flexibility index (Phi) is 3.51. The zero-order valence-electron chi connectivity index (χ0n) is 9.89. The largest absolute Gasteiger partial charge is 0.416 e. The molecule has 1 nitrogen and oxygen atoms in total. The Labute approximate surface area is 93.9 Å². The fourth-order valence-corrected chi connectivity index (χ4v) is 1.80. The molecule has 4 heteroatoms. The summed E-state index contributed by atoms with van der Waals surface area (Å²) in [5, 5.41) is 0. The van der Waals surface area contributed by atoms with Crippen molar-refractivity contribution in [2.75, 3.05) is 19.0 Å². The van der Waals surface area contributed by atoms with Gasteiger partial charge >= 0.3 is 6.18 Å². The number of benzene rings is 1. The summed E-state index contributed by atoms with van der Waals surface area (Å²) in [6, 6.07) is 4.30. The van der Waals surface area contributed by atoms with Crippen LogP contribution in [0.1, 0.15) is 30.9 Å². The molecule has 0 aliphatic heterocycles. The molecule has 0 fully saturated rings. The summed E-state index contributed by atoms with van der Waals surface area (Å²) in [6.45, 7) is 3.55. The van der Waals surface area contributed by atoms with Gasteiger partial charge in [0.25, 0.3) is 0 Å². The number of hydrogen-bond acceptors (Lipinski definition) is 1. The lowest BCUT2D eigenvalue weighted by molar-refractivity contribution is -0.138. The number of alkyl halides is 3. The van der Waals surface area contributed by atoms with Gasteiger partial charge in [0.15, 0.2) is 0 Å². The van der Waals surface area contributed by atoms with Gasteiger partial charge in [-0.2, -0.15) is 13.2 Å². The van der Waals surface area contributed by atoms with E-state index >= 15 is 0 Å². The number of anilines is 1. The Bertz CT molecular complexity index is 367. The smallest absolute Gasteiger partial charge is 0.377 e. The molecule has 0 heterocycles. The summed E-state index contributed by atoms with van der Waals surface area (Å²) >= 11 is 0. The highest BCUT2D eigenvalue weighted by Gasteiger charge is 2.35. The van der Waals surface area contributed by atoms with Crippen LogP contribution in [0.4, 0.5) is 18.9 Å². The molecule has 0 N–H and O–H groups in total. The zero-order chi connectivity index (χ0) is 12.5. The van der Waals surface area contributed by atoms with Crippen LogP contribution < -0.4 is 4.90 Å². The van der Waals surface area contributed by atoms with Crippen LogP contribution in [0.25, 0.3) is 0 Å². The normalized spacial score (nSPS) is 12.0. The summed E-state index contributed by atoms with van der Waals surface area (Å²) < 4.78 is 38.5. The topological polar surface area (TPSA) is 3.24 Å². The Hall–Kier alpha value is -1.19. The summed E-state index contributed by atoms with van der Waals surface area (Å²) in [4.78, 5) is 1.71. The highest BCUT2D eigenvalue weighted by molar-refractivity contribution is 5.58. The van der Waals surface area contributed by atoms with Gasteiger partial charge in [-0.05, 0) is 23.6 Å². The van der Waals surface area contributed by atoms with Crippen molar-refractivity contribution in [3.8, 4) is 0 Å². The molecule has 0 saturated carbocycles. The van der Waals surface area contributed by atoms with Crippen LogP contribution in [-0.2, 0) is 6.18 Å². The molecule has 0 radical (unpaired) electrons. The van der Waals surface area contributed by atoms with Crippen molar-refractivity contribution >= 4 is 5.69 Å². The van der Waals surface area contributed by atoms with Crippen LogP contribution in [0.2, 0.25) is 0 Å². The summed E-state index contributed by atoms with van der Waals surface area (Å²) in [7, 11) is 3.50. The van der Waals surface area contributed by atoms with Gasteiger partial charge in [0, 0.05) is 19.8 Å². The second-order valence-electron chi connectivity index (χ2n) is 4.29. The molecule has 0 bridgehead atoms. The maximum absolute atomic E-state index is 12.8. The minimum absolute atomic E-state index is 0.157. The Balaban J connectivity index is 3.45. The highest BCUT2D eigenvalue weighted by Crippen LogP contribution is 2.39. The molecule has 0 aliphatic rings. The Morgan fingerprint density at radius 3 is 2.06 bits per heavy atom. The average Bonchev–Trinajstić information content (AvgIpc) is 2.14. The van der Waals surface area contributed by atoms with E-state index < -0.39 is 11.7 Å². The third-order valence-electron chi connectivity index (χ3n) is 2.45. The first-order valence-electron chi connectivity index (χ1n) is 5.12. The lowest BCUT2D eigenvalue weighted by Gasteiger charge is -2.23. The van der Waals surface area contributed by atoms with Crippen molar-refractivity contribution < 1.29 is 13.2 Å². The molecule has 0 aromatic heterocycles. The zero-order valence-corrected chi connectivity index (χ0v) is 9.89. The highest BCUT2D eigenvalue weighted by atomic mass is 19.4. The van der Waals surface area contributed by atoms with Crippen molar-refractivity contribution in [3.63, 3.8) is 0 Å². The first-order chi connectivity index (χ1) is 7.25. The number of nitrogens with zero attached hydrogens (tertiary/aromatic N) is 1. The first kappa shape index (κ1) is 12.9. The van der Waals surface area contributed by atoms with Gasteiger partial charge in [-0.1, -0.05) is 19.9 Å². The van der Waals surface area contributed by atoms with Crippen molar-refractivity contribution in [1.82, 2.24) is 0 Å². The van der Waals surface area contributed by atoms with Gasteiger partial charge in [-0.25, -0.2) is 0 Å². The monoisotopic (exact) mass is 231 g/mol. The predicted octanol–water partition coefficient (Wildman–Crippen LogP) is 3.89. The lowest BCUT2D eigenvalue weighted by atomic mass is 9.94. The van der Waals surface area contributed by atoms with Gasteiger partial charge in [0.1, 0.15) is 0 Å². The average molecular weight is 231 g/mol. The number of rotatable bonds is 2. The lowest BCUT2D eigenvalue weighted by Crippen LogP contribution is -2.17. The maximum Gasteiger partial charge on any atom is 0.416 e. The second-order valence-corrected chi connectivity index (χ2v) is 4.29. The molecule has 90 valence electrons. The Morgan fingerprint density at radius 2 is 1.69 bits per heavy atom. The third kappa shape index (κ3) is 2.49. The molecule has 16 heavy (non-hydrogen) atoms. The van der Waals surface area contributed by atoms with Crippen molar-refractivity contribution in [2.45, 2.75) is 25.9 Å². The molecule has 0 atom stereocenters. The van der Waals surface area contributed by atoms with E-state index in [9.17, 15) is 13.2 Å². The van der Waals surface area contributed by atoms with E-state index in [-0.39, 0.29) is 5.92 Å². The van der Waals surface area contributed by atoms with Gasteiger partial charge in [-0.3, -0.25) is 0 Å². The standard InChI is InChI=1S/C12H16F3N/c1-8(2)11-9(12(13,14)15)6-5-7-10(11)16(3)4/h5-8H,1-4H3. The molecule has 0 aliphatic carbocycles. The minimum Gasteiger partial charge on any atom is -0.377 e. The molecule has 0 amide bonds. The minimum atomic E-state index is -4.29. The third-order valence-corrected chi connectivity index (χ3v) is 2.45. The number of hydrogen-bond donors (Lipinski definition) is 0. The molecule has 1 aromatic rings. The van der Waals surface area contributed by atoms with Crippen molar-refractivity contribution in [1.29, 1.82) is 0 Å².